The Labute approximate surface area is 162 Å². The van der Waals surface area contributed by atoms with Crippen LogP contribution in [-0.2, 0) is 16.6 Å². The number of amides is 1. The molecule has 27 heavy (non-hydrogen) atoms. The zero-order valence-corrected chi connectivity index (χ0v) is 16.4. The van der Waals surface area contributed by atoms with E-state index in [9.17, 15) is 13.2 Å². The van der Waals surface area contributed by atoms with Gasteiger partial charge in [-0.3, -0.25) is 4.79 Å². The van der Waals surface area contributed by atoms with E-state index in [1.54, 1.807) is 29.7 Å². The van der Waals surface area contributed by atoms with Gasteiger partial charge in [0.2, 0.25) is 0 Å². The Hall–Kier alpha value is -2.64. The fourth-order valence-electron chi connectivity index (χ4n) is 2.57. The number of hydrogen-bond donors (Lipinski definition) is 1. The first kappa shape index (κ1) is 19.1. The fourth-order valence-corrected chi connectivity index (χ4v) is 3.85. The second-order valence-electron chi connectivity index (χ2n) is 6.14. The van der Waals surface area contributed by atoms with E-state index < -0.39 is 15.9 Å². The molecule has 1 N–H and O–H groups in total. The fraction of sp³-hybridized carbons (Fsp3) is 0.158. The Bertz CT molecular complexity index is 1090. The summed E-state index contributed by atoms with van der Waals surface area (Å²) in [6, 6.07) is 13.4. The van der Waals surface area contributed by atoms with Gasteiger partial charge in [0.15, 0.2) is 0 Å². The Morgan fingerprint density at radius 1 is 1.15 bits per heavy atom. The summed E-state index contributed by atoms with van der Waals surface area (Å²) in [5.74, 6) is -0.204. The molecule has 140 valence electrons. The molecule has 6 nitrogen and oxygen atoms in total. The second kappa shape index (κ2) is 7.54. The number of hydrogen-bond acceptors (Lipinski definition) is 4. The minimum Gasteiger partial charge on any atom is -0.330 e. The minimum absolute atomic E-state index is 0.0148. The summed E-state index contributed by atoms with van der Waals surface area (Å²) in [5.41, 5.74) is 1.96. The zero-order chi connectivity index (χ0) is 19.6. The van der Waals surface area contributed by atoms with Gasteiger partial charge in [0.25, 0.3) is 15.9 Å². The second-order valence-corrected chi connectivity index (χ2v) is 8.23. The van der Waals surface area contributed by atoms with Crippen LogP contribution in [0.2, 0.25) is 5.02 Å². The molecule has 0 aliphatic heterocycles. The lowest BCUT2D eigenvalue weighted by Crippen LogP contribution is -2.30. The van der Waals surface area contributed by atoms with Crippen molar-refractivity contribution in [3.05, 3.63) is 82.4 Å². The van der Waals surface area contributed by atoms with E-state index in [1.165, 1.54) is 18.3 Å². The molecule has 1 amide bonds. The van der Waals surface area contributed by atoms with E-state index in [0.29, 0.717) is 17.4 Å². The number of rotatable bonds is 5. The highest BCUT2D eigenvalue weighted by Crippen LogP contribution is 2.19. The lowest BCUT2D eigenvalue weighted by Gasteiger charge is -2.08. The summed E-state index contributed by atoms with van der Waals surface area (Å²) in [4.78, 5) is 16.6. The molecule has 3 rings (SSSR count). The quantitative estimate of drug-likeness (QED) is 0.708. The molecule has 0 aliphatic rings. The molecular weight excluding hydrogens is 386 g/mol. The third-order valence-corrected chi connectivity index (χ3v) is 5.74. The van der Waals surface area contributed by atoms with Crippen LogP contribution in [0.1, 0.15) is 27.4 Å². The summed E-state index contributed by atoms with van der Waals surface area (Å²) in [6.07, 6.45) is 1.52. The molecule has 0 unspecified atom stereocenters. The standard InChI is InChI=1S/C19H18ClN3O3S/c1-13-8-9-15(17(20)10-13)11-23-12-18(21-14(23)2)19(24)22-27(25,26)16-6-4-3-5-7-16/h3-10,12H,11H2,1-2H3,(H,22,24). The number of halogens is 1. The summed E-state index contributed by atoms with van der Waals surface area (Å²) in [6.45, 7) is 4.12. The van der Waals surface area contributed by atoms with Gasteiger partial charge in [-0.15, -0.1) is 0 Å². The smallest absolute Gasteiger partial charge is 0.285 e. The van der Waals surface area contributed by atoms with Crippen molar-refractivity contribution >= 4 is 27.5 Å². The molecule has 0 bridgehead atoms. The van der Waals surface area contributed by atoms with Crippen molar-refractivity contribution in [1.82, 2.24) is 14.3 Å². The van der Waals surface area contributed by atoms with Gasteiger partial charge >= 0.3 is 0 Å². The molecule has 0 saturated heterocycles. The Balaban J connectivity index is 1.80. The van der Waals surface area contributed by atoms with Crippen LogP contribution in [0.15, 0.2) is 59.6 Å². The largest absolute Gasteiger partial charge is 0.330 e. The number of aryl methyl sites for hydroxylation is 2. The van der Waals surface area contributed by atoms with Gasteiger partial charge in [-0.25, -0.2) is 18.1 Å². The average Bonchev–Trinajstić information content (AvgIpc) is 2.99. The monoisotopic (exact) mass is 403 g/mol. The van der Waals surface area contributed by atoms with Crippen LogP contribution in [0.5, 0.6) is 0 Å². The van der Waals surface area contributed by atoms with E-state index in [-0.39, 0.29) is 10.6 Å². The van der Waals surface area contributed by atoms with E-state index in [0.717, 1.165) is 11.1 Å². The van der Waals surface area contributed by atoms with Gasteiger partial charge in [0, 0.05) is 11.2 Å². The number of imidazole rings is 1. The van der Waals surface area contributed by atoms with Crippen molar-refractivity contribution in [3.63, 3.8) is 0 Å². The number of aromatic nitrogens is 2. The molecule has 0 radical (unpaired) electrons. The van der Waals surface area contributed by atoms with E-state index in [2.05, 4.69) is 4.98 Å². The van der Waals surface area contributed by atoms with Crippen LogP contribution in [0, 0.1) is 13.8 Å². The molecule has 0 aliphatic carbocycles. The van der Waals surface area contributed by atoms with Crippen LogP contribution < -0.4 is 4.72 Å². The number of nitrogens with zero attached hydrogens (tertiary/aromatic N) is 2. The van der Waals surface area contributed by atoms with E-state index >= 15 is 0 Å². The van der Waals surface area contributed by atoms with Crippen molar-refractivity contribution in [1.29, 1.82) is 0 Å². The number of carbonyl (C=O) groups excluding carboxylic acids is 1. The summed E-state index contributed by atoms with van der Waals surface area (Å²) >= 11 is 6.26. The van der Waals surface area contributed by atoms with E-state index in [4.69, 9.17) is 11.6 Å². The van der Waals surface area contributed by atoms with Crippen LogP contribution in [-0.4, -0.2) is 23.9 Å². The molecule has 0 saturated carbocycles. The van der Waals surface area contributed by atoms with Gasteiger partial charge in [-0.05, 0) is 43.2 Å². The van der Waals surface area contributed by atoms with Crippen molar-refractivity contribution in [2.24, 2.45) is 0 Å². The third-order valence-electron chi connectivity index (χ3n) is 4.04. The maximum Gasteiger partial charge on any atom is 0.285 e. The maximum atomic E-state index is 12.4. The van der Waals surface area contributed by atoms with E-state index in [1.807, 2.05) is 29.8 Å². The summed E-state index contributed by atoms with van der Waals surface area (Å²) < 4.78 is 28.4. The third kappa shape index (κ3) is 4.37. The minimum atomic E-state index is -3.95. The van der Waals surface area contributed by atoms with Crippen molar-refractivity contribution in [2.75, 3.05) is 0 Å². The lowest BCUT2D eigenvalue weighted by atomic mass is 10.1. The van der Waals surface area contributed by atoms with Crippen LogP contribution in [0.3, 0.4) is 0 Å². The Morgan fingerprint density at radius 3 is 2.52 bits per heavy atom. The molecule has 0 fully saturated rings. The predicted molar refractivity (Wildman–Crippen MR) is 103 cm³/mol. The molecular formula is C19H18ClN3O3S. The van der Waals surface area contributed by atoms with Crippen LogP contribution >= 0.6 is 11.6 Å². The van der Waals surface area contributed by atoms with Gasteiger partial charge in [0.1, 0.15) is 11.5 Å². The van der Waals surface area contributed by atoms with Gasteiger partial charge < -0.3 is 4.57 Å². The molecule has 0 spiro atoms. The van der Waals surface area contributed by atoms with Crippen molar-refractivity contribution in [2.45, 2.75) is 25.3 Å². The highest BCUT2D eigenvalue weighted by Gasteiger charge is 2.21. The predicted octanol–water partition coefficient (Wildman–Crippen LogP) is 3.32. The van der Waals surface area contributed by atoms with Crippen molar-refractivity contribution in [3.8, 4) is 0 Å². The first-order chi connectivity index (χ1) is 12.8. The molecule has 0 atom stereocenters. The number of benzene rings is 2. The van der Waals surface area contributed by atoms with Gasteiger partial charge in [-0.2, -0.15) is 0 Å². The normalized spacial score (nSPS) is 11.4. The first-order valence-corrected chi connectivity index (χ1v) is 10.0. The molecule has 3 aromatic rings. The molecule has 1 aromatic heterocycles. The van der Waals surface area contributed by atoms with Crippen LogP contribution in [0.25, 0.3) is 0 Å². The number of carbonyl (C=O) groups is 1. The lowest BCUT2D eigenvalue weighted by molar-refractivity contribution is 0.0977. The average molecular weight is 404 g/mol. The number of sulfonamides is 1. The zero-order valence-electron chi connectivity index (χ0n) is 14.8. The number of nitrogens with one attached hydrogen (secondary N) is 1. The highest BCUT2D eigenvalue weighted by atomic mass is 35.5. The molecule has 1 heterocycles. The Morgan fingerprint density at radius 2 is 1.85 bits per heavy atom. The highest BCUT2D eigenvalue weighted by molar-refractivity contribution is 7.90. The SMILES string of the molecule is Cc1ccc(Cn2cc(C(=O)NS(=O)(=O)c3ccccc3)nc2C)c(Cl)c1. The molecule has 2 aromatic carbocycles. The van der Waals surface area contributed by atoms with Gasteiger partial charge in [0.05, 0.1) is 11.4 Å². The summed E-state index contributed by atoms with van der Waals surface area (Å²) in [5, 5.41) is 0.626. The maximum absolute atomic E-state index is 12.4. The van der Waals surface area contributed by atoms with Crippen LogP contribution in [0.4, 0.5) is 0 Å². The first-order valence-electron chi connectivity index (χ1n) is 8.17. The Kier molecular flexibility index (Phi) is 5.34. The summed E-state index contributed by atoms with van der Waals surface area (Å²) in [7, 11) is -3.95. The van der Waals surface area contributed by atoms with Gasteiger partial charge in [-0.1, -0.05) is 41.9 Å². The topological polar surface area (TPSA) is 81.1 Å². The molecule has 8 heteroatoms. The van der Waals surface area contributed by atoms with Crippen molar-refractivity contribution < 1.29 is 13.2 Å².